The molecule has 1 aromatic rings. The molecule has 1 aromatic heterocycles. The van der Waals surface area contributed by atoms with E-state index in [0.29, 0.717) is 6.54 Å². The van der Waals surface area contributed by atoms with Crippen LogP contribution in [0.15, 0.2) is 4.99 Å². The van der Waals surface area contributed by atoms with Crippen LogP contribution in [0.5, 0.6) is 0 Å². The van der Waals surface area contributed by atoms with E-state index in [9.17, 15) is 0 Å². The van der Waals surface area contributed by atoms with Crippen molar-refractivity contribution < 1.29 is 9.47 Å². The number of guanidine groups is 1. The molecule has 0 saturated carbocycles. The minimum atomic E-state index is -0.191. The molecule has 27 heavy (non-hydrogen) atoms. The van der Waals surface area contributed by atoms with E-state index in [1.54, 1.807) is 7.11 Å². The van der Waals surface area contributed by atoms with Crippen molar-refractivity contribution in [1.29, 1.82) is 0 Å². The number of aliphatic imine (C=N–C) groups is 1. The molecule has 2 aliphatic rings. The quantitative estimate of drug-likeness (QED) is 0.575. The predicted molar refractivity (Wildman–Crippen MR) is 109 cm³/mol. The molecule has 0 bridgehead atoms. The highest BCUT2D eigenvalue weighted by Gasteiger charge is 2.33. The van der Waals surface area contributed by atoms with Crippen molar-refractivity contribution in [3.05, 3.63) is 5.82 Å². The van der Waals surface area contributed by atoms with E-state index in [-0.39, 0.29) is 5.60 Å². The van der Waals surface area contributed by atoms with Gasteiger partial charge < -0.3 is 24.6 Å². The molecule has 1 N–H and O–H groups in total. The summed E-state index contributed by atoms with van der Waals surface area (Å²) in [4.78, 5) is 14.2. The summed E-state index contributed by atoms with van der Waals surface area (Å²) in [6.07, 6.45) is 2.69. The number of nitrogens with zero attached hydrogens (tertiary/aromatic N) is 5. The zero-order chi connectivity index (χ0) is 19.1. The van der Waals surface area contributed by atoms with Crippen LogP contribution in [0.4, 0.5) is 5.13 Å². The highest BCUT2D eigenvalue weighted by atomic mass is 32.1. The summed E-state index contributed by atoms with van der Waals surface area (Å²) in [5.74, 6) is 1.92. The van der Waals surface area contributed by atoms with E-state index in [2.05, 4.69) is 38.3 Å². The minimum Gasteiger partial charge on any atom is -0.381 e. The summed E-state index contributed by atoms with van der Waals surface area (Å²) in [7, 11) is 1.79. The first-order valence-electron chi connectivity index (χ1n) is 9.93. The van der Waals surface area contributed by atoms with Gasteiger partial charge in [-0.25, -0.2) is 4.98 Å². The van der Waals surface area contributed by atoms with Gasteiger partial charge in [-0.3, -0.25) is 4.99 Å². The molecule has 0 spiro atoms. The van der Waals surface area contributed by atoms with Crippen LogP contribution >= 0.6 is 11.5 Å². The number of rotatable bonds is 6. The molecular weight excluding hydrogens is 364 g/mol. The molecule has 3 heterocycles. The summed E-state index contributed by atoms with van der Waals surface area (Å²) >= 11 is 1.50. The van der Waals surface area contributed by atoms with Gasteiger partial charge in [-0.05, 0) is 6.92 Å². The van der Waals surface area contributed by atoms with Crippen molar-refractivity contribution in [2.24, 2.45) is 4.99 Å². The van der Waals surface area contributed by atoms with E-state index in [0.717, 1.165) is 82.1 Å². The maximum Gasteiger partial charge on any atom is 0.205 e. The average Bonchev–Trinajstić information content (AvgIpc) is 3.21. The van der Waals surface area contributed by atoms with Crippen LogP contribution in [0.2, 0.25) is 0 Å². The number of aryl methyl sites for hydroxylation is 1. The van der Waals surface area contributed by atoms with E-state index < -0.39 is 0 Å². The Morgan fingerprint density at radius 2 is 2.00 bits per heavy atom. The maximum atomic E-state index is 5.83. The van der Waals surface area contributed by atoms with Crippen molar-refractivity contribution >= 4 is 22.6 Å². The van der Waals surface area contributed by atoms with Gasteiger partial charge >= 0.3 is 0 Å². The van der Waals surface area contributed by atoms with Gasteiger partial charge in [0.05, 0.1) is 12.1 Å². The normalized spacial score (nSPS) is 20.8. The van der Waals surface area contributed by atoms with Crippen molar-refractivity contribution in [3.63, 3.8) is 0 Å². The third kappa shape index (κ3) is 5.08. The lowest BCUT2D eigenvalue weighted by Crippen LogP contribution is -2.53. The van der Waals surface area contributed by atoms with Gasteiger partial charge in [-0.15, -0.1) is 0 Å². The molecule has 2 fully saturated rings. The lowest BCUT2D eigenvalue weighted by atomic mass is 9.94. The monoisotopic (exact) mass is 396 g/mol. The molecule has 2 saturated heterocycles. The molecule has 0 radical (unpaired) electrons. The summed E-state index contributed by atoms with van der Waals surface area (Å²) in [6, 6.07) is 0. The molecule has 3 rings (SSSR count). The lowest BCUT2D eigenvalue weighted by Gasteiger charge is -2.38. The Labute approximate surface area is 166 Å². The lowest BCUT2D eigenvalue weighted by molar-refractivity contribution is -0.0829. The maximum absolute atomic E-state index is 5.83. The second-order valence-electron chi connectivity index (χ2n) is 6.99. The number of hydrogen-bond acceptors (Lipinski definition) is 7. The Balaban J connectivity index is 1.60. The van der Waals surface area contributed by atoms with E-state index >= 15 is 0 Å². The number of nitrogens with one attached hydrogen (secondary N) is 1. The highest BCUT2D eigenvalue weighted by molar-refractivity contribution is 7.09. The molecule has 0 aromatic carbocycles. The summed E-state index contributed by atoms with van der Waals surface area (Å²) < 4.78 is 15.7. The van der Waals surface area contributed by atoms with Crippen LogP contribution in [0.3, 0.4) is 0 Å². The first kappa shape index (κ1) is 20.3. The van der Waals surface area contributed by atoms with E-state index in [1.165, 1.54) is 11.5 Å². The van der Waals surface area contributed by atoms with Gasteiger partial charge in [0.25, 0.3) is 0 Å². The molecule has 152 valence electrons. The van der Waals surface area contributed by atoms with E-state index in [1.807, 2.05) is 0 Å². The van der Waals surface area contributed by atoms with Crippen LogP contribution in [0, 0.1) is 0 Å². The molecule has 0 atom stereocenters. The molecule has 0 unspecified atom stereocenters. The number of ether oxygens (including phenoxy) is 2. The second kappa shape index (κ2) is 9.66. The fourth-order valence-electron chi connectivity index (χ4n) is 3.44. The standard InChI is InChI=1S/C18H32N6O2S/c1-4-15-21-17(27-22-15)24-10-8-23(9-11-24)16(19-5-2)20-14-18(25-3)6-12-26-13-7-18/h4-14H2,1-3H3,(H,19,20). The summed E-state index contributed by atoms with van der Waals surface area (Å²) in [6.45, 7) is 11.0. The van der Waals surface area contributed by atoms with Gasteiger partial charge in [0.1, 0.15) is 5.82 Å². The highest BCUT2D eigenvalue weighted by Crippen LogP contribution is 2.25. The molecule has 8 nitrogen and oxygen atoms in total. The number of piperazine rings is 1. The Kier molecular flexibility index (Phi) is 7.26. The second-order valence-corrected chi connectivity index (χ2v) is 7.72. The third-order valence-corrected chi connectivity index (χ3v) is 6.13. The Hall–Kier alpha value is -1.45. The first-order chi connectivity index (χ1) is 13.2. The zero-order valence-electron chi connectivity index (χ0n) is 16.7. The van der Waals surface area contributed by atoms with Crippen LogP contribution < -0.4 is 10.2 Å². The minimum absolute atomic E-state index is 0.191. The summed E-state index contributed by atoms with van der Waals surface area (Å²) in [5.41, 5.74) is -0.191. The van der Waals surface area contributed by atoms with Crippen molar-refractivity contribution in [1.82, 2.24) is 19.6 Å². The van der Waals surface area contributed by atoms with Crippen LogP contribution in [0.1, 0.15) is 32.5 Å². The number of aromatic nitrogens is 2. The van der Waals surface area contributed by atoms with Crippen LogP contribution in [-0.2, 0) is 15.9 Å². The van der Waals surface area contributed by atoms with Crippen molar-refractivity contribution in [2.75, 3.05) is 64.5 Å². The van der Waals surface area contributed by atoms with E-state index in [4.69, 9.17) is 14.5 Å². The van der Waals surface area contributed by atoms with Crippen molar-refractivity contribution in [2.45, 2.75) is 38.7 Å². The third-order valence-electron chi connectivity index (χ3n) is 5.31. The first-order valence-corrected chi connectivity index (χ1v) is 10.7. The average molecular weight is 397 g/mol. The van der Waals surface area contributed by atoms with Gasteiger partial charge in [0, 0.05) is 83.8 Å². The predicted octanol–water partition coefficient (Wildman–Crippen LogP) is 1.38. The topological polar surface area (TPSA) is 75.1 Å². The van der Waals surface area contributed by atoms with Crippen LogP contribution in [0.25, 0.3) is 0 Å². The Bertz CT molecular complexity index is 609. The van der Waals surface area contributed by atoms with Crippen molar-refractivity contribution in [3.8, 4) is 0 Å². The summed E-state index contributed by atoms with van der Waals surface area (Å²) in [5, 5.41) is 4.48. The molecule has 0 aliphatic carbocycles. The Morgan fingerprint density at radius 3 is 2.59 bits per heavy atom. The largest absolute Gasteiger partial charge is 0.381 e. The fraction of sp³-hybridized carbons (Fsp3) is 0.833. The number of hydrogen-bond donors (Lipinski definition) is 1. The fourth-order valence-corrected chi connectivity index (χ4v) is 4.24. The molecule has 2 aliphatic heterocycles. The van der Waals surface area contributed by atoms with Gasteiger partial charge in [0.15, 0.2) is 5.96 Å². The molecular formula is C18H32N6O2S. The van der Waals surface area contributed by atoms with Gasteiger partial charge in [0.2, 0.25) is 5.13 Å². The van der Waals surface area contributed by atoms with Gasteiger partial charge in [-0.1, -0.05) is 6.92 Å². The van der Waals surface area contributed by atoms with Gasteiger partial charge in [-0.2, -0.15) is 4.37 Å². The Morgan fingerprint density at radius 1 is 1.26 bits per heavy atom. The molecule has 0 amide bonds. The smallest absolute Gasteiger partial charge is 0.205 e. The van der Waals surface area contributed by atoms with Crippen LogP contribution in [-0.4, -0.2) is 85.4 Å². The SMILES string of the molecule is CCNC(=NCC1(OC)CCOCC1)N1CCN(c2nc(CC)ns2)CC1. The number of anilines is 1. The molecule has 9 heteroatoms. The zero-order valence-corrected chi connectivity index (χ0v) is 17.6. The number of methoxy groups -OCH3 is 1.